The Morgan fingerprint density at radius 3 is 2.14 bits per heavy atom. The lowest BCUT2D eigenvalue weighted by atomic mass is 10.2. The van der Waals surface area contributed by atoms with Crippen LogP contribution in [0.3, 0.4) is 0 Å². The smallest absolute Gasteiger partial charge is 0.330 e. The number of anilines is 1. The number of nitrogens with zero attached hydrogens (tertiary/aromatic N) is 2. The highest BCUT2D eigenvalue weighted by Crippen LogP contribution is 2.49. The van der Waals surface area contributed by atoms with Gasteiger partial charge in [0.25, 0.3) is 0 Å². The number of phenols is 1. The zero-order valence-corrected chi connectivity index (χ0v) is 13.1. The number of phenolic OH excluding ortho intramolecular Hbond substituents is 1. The number of hydrogen-bond acceptors (Lipinski definition) is 6. The lowest BCUT2D eigenvalue weighted by Gasteiger charge is -2.27. The number of aromatic hydroxyl groups is 1. The molecule has 0 spiro atoms. The fourth-order valence-corrected chi connectivity index (χ4v) is 1.88. The van der Waals surface area contributed by atoms with E-state index in [0.29, 0.717) is 0 Å². The molecule has 4 N–H and O–H groups in total. The summed E-state index contributed by atoms with van der Waals surface area (Å²) in [6.07, 6.45) is 0. The maximum absolute atomic E-state index is 12.3. The first-order chi connectivity index (χ1) is 10.3. The number of nitrogens with two attached hydrogens (primary N) is 1. The minimum absolute atomic E-state index is 0.0587. The number of guanidine groups is 1. The van der Waals surface area contributed by atoms with E-state index in [1.807, 2.05) is 0 Å². The van der Waals surface area contributed by atoms with Gasteiger partial charge in [0.2, 0.25) is 5.75 Å². The minimum atomic E-state index is -0.586. The van der Waals surface area contributed by atoms with E-state index >= 15 is 0 Å². The first kappa shape index (κ1) is 17.2. The van der Waals surface area contributed by atoms with E-state index < -0.39 is 12.0 Å². The molecule has 1 rings (SSSR count). The standard InChI is InChI=1S/C13H20N4O5/c1-16(13(19)17(2)12(14)15)9-8(20-3)6-7(18)10(21-4)11(9)22-5/h6,18H,1-5H3,(H3,14,15). The van der Waals surface area contributed by atoms with Crippen LogP contribution in [0.2, 0.25) is 0 Å². The van der Waals surface area contributed by atoms with Crippen molar-refractivity contribution in [2.24, 2.45) is 5.73 Å². The van der Waals surface area contributed by atoms with Crippen molar-refractivity contribution >= 4 is 17.7 Å². The summed E-state index contributed by atoms with van der Waals surface area (Å²) in [7, 11) is 6.93. The molecule has 0 heterocycles. The van der Waals surface area contributed by atoms with Gasteiger partial charge in [0, 0.05) is 20.2 Å². The van der Waals surface area contributed by atoms with Crippen molar-refractivity contribution in [3.63, 3.8) is 0 Å². The number of benzene rings is 1. The zero-order chi connectivity index (χ0) is 17.0. The molecular weight excluding hydrogens is 292 g/mol. The molecule has 0 aliphatic carbocycles. The summed E-state index contributed by atoms with van der Waals surface area (Å²) in [5.41, 5.74) is 5.54. The number of urea groups is 1. The minimum Gasteiger partial charge on any atom is -0.504 e. The van der Waals surface area contributed by atoms with Crippen molar-refractivity contribution in [3.8, 4) is 23.0 Å². The van der Waals surface area contributed by atoms with Gasteiger partial charge in [-0.2, -0.15) is 0 Å². The van der Waals surface area contributed by atoms with Crippen LogP contribution in [0.1, 0.15) is 0 Å². The quantitative estimate of drug-likeness (QED) is 0.558. The van der Waals surface area contributed by atoms with Crippen molar-refractivity contribution in [2.45, 2.75) is 0 Å². The van der Waals surface area contributed by atoms with Gasteiger partial charge < -0.3 is 25.1 Å². The maximum Gasteiger partial charge on any atom is 0.330 e. The molecule has 0 saturated heterocycles. The number of hydrogen-bond donors (Lipinski definition) is 3. The van der Waals surface area contributed by atoms with Gasteiger partial charge in [-0.3, -0.25) is 15.2 Å². The van der Waals surface area contributed by atoms with Gasteiger partial charge in [-0.25, -0.2) is 4.79 Å². The fourth-order valence-electron chi connectivity index (χ4n) is 1.88. The third-order valence-corrected chi connectivity index (χ3v) is 3.05. The number of carbonyl (C=O) groups is 1. The predicted octanol–water partition coefficient (Wildman–Crippen LogP) is 0.799. The van der Waals surface area contributed by atoms with Crippen molar-refractivity contribution in [3.05, 3.63) is 6.07 Å². The Morgan fingerprint density at radius 1 is 1.18 bits per heavy atom. The van der Waals surface area contributed by atoms with Crippen LogP contribution in [-0.4, -0.2) is 57.4 Å². The molecule has 0 aromatic heterocycles. The summed E-state index contributed by atoms with van der Waals surface area (Å²) in [5, 5.41) is 17.2. The molecule has 0 atom stereocenters. The van der Waals surface area contributed by atoms with Gasteiger partial charge >= 0.3 is 6.03 Å². The Morgan fingerprint density at radius 2 is 1.73 bits per heavy atom. The highest BCUT2D eigenvalue weighted by molar-refractivity contribution is 6.04. The summed E-state index contributed by atoms with van der Waals surface area (Å²) >= 11 is 0. The Kier molecular flexibility index (Phi) is 5.28. The molecule has 0 unspecified atom stereocenters. The molecule has 0 radical (unpaired) electrons. The molecule has 0 aliphatic rings. The Labute approximate surface area is 128 Å². The molecule has 1 aromatic rings. The molecule has 2 amide bonds. The van der Waals surface area contributed by atoms with Crippen molar-refractivity contribution in [2.75, 3.05) is 40.3 Å². The third-order valence-electron chi connectivity index (χ3n) is 3.05. The Hall–Kier alpha value is -2.84. The van der Waals surface area contributed by atoms with E-state index in [0.717, 1.165) is 4.90 Å². The van der Waals surface area contributed by atoms with E-state index in [1.165, 1.54) is 46.4 Å². The number of amides is 2. The second-order valence-electron chi connectivity index (χ2n) is 4.30. The molecule has 0 saturated carbocycles. The van der Waals surface area contributed by atoms with E-state index in [-0.39, 0.29) is 28.7 Å². The van der Waals surface area contributed by atoms with Crippen molar-refractivity contribution < 1.29 is 24.1 Å². The summed E-state index contributed by atoms with van der Waals surface area (Å²) in [6.45, 7) is 0. The van der Waals surface area contributed by atoms with E-state index in [9.17, 15) is 9.90 Å². The van der Waals surface area contributed by atoms with E-state index in [4.69, 9.17) is 25.4 Å². The molecule has 9 nitrogen and oxygen atoms in total. The van der Waals surface area contributed by atoms with Crippen LogP contribution in [-0.2, 0) is 0 Å². The summed E-state index contributed by atoms with van der Waals surface area (Å²) in [5.74, 6) is -0.236. The molecule has 1 aromatic carbocycles. The Bertz CT molecular complexity index is 590. The lowest BCUT2D eigenvalue weighted by molar-refractivity contribution is 0.233. The van der Waals surface area contributed by atoms with Crippen molar-refractivity contribution in [1.29, 1.82) is 5.41 Å². The number of ether oxygens (including phenoxy) is 3. The average Bonchev–Trinajstić information content (AvgIpc) is 2.51. The van der Waals surface area contributed by atoms with Gasteiger partial charge in [0.1, 0.15) is 11.4 Å². The zero-order valence-electron chi connectivity index (χ0n) is 13.1. The largest absolute Gasteiger partial charge is 0.504 e. The fraction of sp³-hybridized carbons (Fsp3) is 0.385. The summed E-state index contributed by atoms with van der Waals surface area (Å²) in [4.78, 5) is 14.4. The van der Waals surface area contributed by atoms with Gasteiger partial charge in [-0.05, 0) is 0 Å². The SMILES string of the molecule is COc1cc(O)c(OC)c(OC)c1N(C)C(=O)N(C)C(=N)N. The molecule has 9 heteroatoms. The van der Waals surface area contributed by atoms with Crippen LogP contribution in [0.4, 0.5) is 10.5 Å². The second kappa shape index (κ2) is 6.74. The van der Waals surface area contributed by atoms with Crippen LogP contribution in [0, 0.1) is 5.41 Å². The number of nitrogens with one attached hydrogen (secondary N) is 1. The number of rotatable bonds is 4. The normalized spacial score (nSPS) is 9.86. The van der Waals surface area contributed by atoms with Gasteiger partial charge in [-0.1, -0.05) is 0 Å². The van der Waals surface area contributed by atoms with Crippen LogP contribution in [0.5, 0.6) is 23.0 Å². The molecule has 22 heavy (non-hydrogen) atoms. The predicted molar refractivity (Wildman–Crippen MR) is 81.2 cm³/mol. The molecular formula is C13H20N4O5. The first-order valence-corrected chi connectivity index (χ1v) is 6.17. The number of methoxy groups -OCH3 is 3. The highest BCUT2D eigenvalue weighted by Gasteiger charge is 2.28. The average molecular weight is 312 g/mol. The highest BCUT2D eigenvalue weighted by atomic mass is 16.5. The topological polar surface area (TPSA) is 121 Å². The van der Waals surface area contributed by atoms with E-state index in [1.54, 1.807) is 0 Å². The van der Waals surface area contributed by atoms with Crippen LogP contribution >= 0.6 is 0 Å². The van der Waals surface area contributed by atoms with Crippen LogP contribution in [0.25, 0.3) is 0 Å². The third kappa shape index (κ3) is 2.92. The van der Waals surface area contributed by atoms with Gasteiger partial charge in [0.05, 0.1) is 21.3 Å². The lowest BCUT2D eigenvalue weighted by Crippen LogP contribution is -2.45. The Balaban J connectivity index is 3.50. The van der Waals surface area contributed by atoms with Crippen molar-refractivity contribution in [1.82, 2.24) is 4.90 Å². The second-order valence-corrected chi connectivity index (χ2v) is 4.30. The number of carbonyl (C=O) groups excluding carboxylic acids is 1. The molecule has 0 aliphatic heterocycles. The monoisotopic (exact) mass is 312 g/mol. The molecule has 0 fully saturated rings. The first-order valence-electron chi connectivity index (χ1n) is 6.17. The van der Waals surface area contributed by atoms with Gasteiger partial charge in [0.15, 0.2) is 17.5 Å². The molecule has 122 valence electrons. The van der Waals surface area contributed by atoms with Crippen LogP contribution < -0.4 is 24.8 Å². The summed E-state index contributed by atoms with van der Waals surface area (Å²) in [6, 6.07) is 0.714. The van der Waals surface area contributed by atoms with Gasteiger partial charge in [-0.15, -0.1) is 0 Å². The molecule has 0 bridgehead atoms. The maximum atomic E-state index is 12.3. The van der Waals surface area contributed by atoms with Crippen LogP contribution in [0.15, 0.2) is 6.07 Å². The summed E-state index contributed by atoms with van der Waals surface area (Å²) < 4.78 is 15.5. The van der Waals surface area contributed by atoms with E-state index in [2.05, 4.69) is 0 Å².